The van der Waals surface area contributed by atoms with Gasteiger partial charge in [0.25, 0.3) is 0 Å². The fraction of sp³-hybridized carbons (Fsp3) is 0.900. The number of hydrogen-bond donors (Lipinski definition) is 4. The minimum Gasteiger partial charge on any atom is -0.394 e. The predicted molar refractivity (Wildman–Crippen MR) is 56.1 cm³/mol. The van der Waals surface area contributed by atoms with Crippen molar-refractivity contribution in [1.29, 1.82) is 0 Å². The fourth-order valence-corrected chi connectivity index (χ4v) is 1.86. The molecule has 0 aliphatic heterocycles. The molecule has 1 fully saturated rings. The van der Waals surface area contributed by atoms with Crippen LogP contribution < -0.4 is 11.1 Å². The van der Waals surface area contributed by atoms with Crippen LogP contribution in [0.1, 0.15) is 32.1 Å². The van der Waals surface area contributed by atoms with Crippen molar-refractivity contribution in [2.24, 2.45) is 5.73 Å². The molecule has 1 aliphatic rings. The number of carbonyl (C=O) groups excluding carboxylic acids is 1. The third-order valence-corrected chi connectivity index (χ3v) is 2.91. The van der Waals surface area contributed by atoms with E-state index in [0.717, 1.165) is 19.3 Å². The molecule has 0 aromatic carbocycles. The van der Waals surface area contributed by atoms with Gasteiger partial charge in [0.05, 0.1) is 18.2 Å². The summed E-state index contributed by atoms with van der Waals surface area (Å²) in [6, 6.07) is 0. The average molecular weight is 216 g/mol. The van der Waals surface area contributed by atoms with Crippen LogP contribution in [0.15, 0.2) is 0 Å². The highest BCUT2D eigenvalue weighted by atomic mass is 16.3. The molecule has 0 bridgehead atoms. The first-order chi connectivity index (χ1) is 7.08. The Kier molecular flexibility index (Phi) is 4.50. The standard InChI is InChI=1S/C10H20N2O3/c11-10(4-2-1-3-5-10)9(15)12-6-8(14)7-13/h8,13-14H,1-7,11H2,(H,12,15). The maximum atomic E-state index is 11.7. The molecule has 0 spiro atoms. The molecule has 1 aliphatic carbocycles. The van der Waals surface area contributed by atoms with Crippen LogP contribution in [0, 0.1) is 0 Å². The number of aliphatic hydroxyl groups is 2. The van der Waals surface area contributed by atoms with Gasteiger partial charge in [0.1, 0.15) is 0 Å². The van der Waals surface area contributed by atoms with Crippen molar-refractivity contribution in [1.82, 2.24) is 5.32 Å². The monoisotopic (exact) mass is 216 g/mol. The number of carbonyl (C=O) groups is 1. The zero-order valence-corrected chi connectivity index (χ0v) is 8.91. The average Bonchev–Trinajstić information content (AvgIpc) is 2.26. The largest absolute Gasteiger partial charge is 0.394 e. The Morgan fingerprint density at radius 2 is 2.00 bits per heavy atom. The van der Waals surface area contributed by atoms with Gasteiger partial charge in [-0.3, -0.25) is 4.79 Å². The Morgan fingerprint density at radius 1 is 1.40 bits per heavy atom. The van der Waals surface area contributed by atoms with E-state index < -0.39 is 11.6 Å². The highest BCUT2D eigenvalue weighted by Gasteiger charge is 2.35. The van der Waals surface area contributed by atoms with Crippen LogP contribution in [0.25, 0.3) is 0 Å². The van der Waals surface area contributed by atoms with Gasteiger partial charge in [-0.2, -0.15) is 0 Å². The maximum Gasteiger partial charge on any atom is 0.240 e. The molecule has 0 aromatic rings. The molecule has 1 rings (SSSR count). The molecule has 0 aromatic heterocycles. The second kappa shape index (κ2) is 5.44. The van der Waals surface area contributed by atoms with E-state index in [4.69, 9.17) is 15.9 Å². The summed E-state index contributed by atoms with van der Waals surface area (Å²) in [6.45, 7) is -0.286. The minimum atomic E-state index is -0.902. The second-order valence-corrected chi connectivity index (χ2v) is 4.26. The summed E-state index contributed by atoms with van der Waals surface area (Å²) in [4.78, 5) is 11.7. The van der Waals surface area contributed by atoms with E-state index in [-0.39, 0.29) is 19.1 Å². The van der Waals surface area contributed by atoms with Gasteiger partial charge in [-0.15, -0.1) is 0 Å². The molecule has 1 saturated carbocycles. The summed E-state index contributed by atoms with van der Waals surface area (Å²) in [5, 5.41) is 20.2. The van der Waals surface area contributed by atoms with Crippen LogP contribution in [0.3, 0.4) is 0 Å². The number of amides is 1. The van der Waals surface area contributed by atoms with E-state index in [1.807, 2.05) is 0 Å². The quantitative estimate of drug-likeness (QED) is 0.490. The van der Waals surface area contributed by atoms with Crippen molar-refractivity contribution in [3.63, 3.8) is 0 Å². The first-order valence-corrected chi connectivity index (χ1v) is 5.44. The van der Waals surface area contributed by atoms with E-state index in [2.05, 4.69) is 5.32 Å². The van der Waals surface area contributed by atoms with E-state index in [0.29, 0.717) is 12.8 Å². The van der Waals surface area contributed by atoms with Gasteiger partial charge in [-0.1, -0.05) is 19.3 Å². The summed E-state index contributed by atoms with van der Waals surface area (Å²) in [5.41, 5.74) is 5.20. The Morgan fingerprint density at radius 3 is 2.53 bits per heavy atom. The smallest absolute Gasteiger partial charge is 0.240 e. The molecule has 15 heavy (non-hydrogen) atoms. The molecule has 0 radical (unpaired) electrons. The second-order valence-electron chi connectivity index (χ2n) is 4.26. The Hall–Kier alpha value is -0.650. The third-order valence-electron chi connectivity index (χ3n) is 2.91. The number of nitrogens with two attached hydrogens (primary N) is 1. The highest BCUT2D eigenvalue weighted by Crippen LogP contribution is 2.25. The maximum absolute atomic E-state index is 11.7. The normalized spacial score (nSPS) is 22.1. The molecule has 5 N–H and O–H groups in total. The Labute approximate surface area is 89.7 Å². The van der Waals surface area contributed by atoms with Crippen molar-refractivity contribution in [2.75, 3.05) is 13.2 Å². The SMILES string of the molecule is NC1(C(=O)NCC(O)CO)CCCCC1. The van der Waals surface area contributed by atoms with Crippen molar-refractivity contribution in [2.45, 2.75) is 43.7 Å². The van der Waals surface area contributed by atoms with Crippen LogP contribution in [0.4, 0.5) is 0 Å². The van der Waals surface area contributed by atoms with Crippen molar-refractivity contribution < 1.29 is 15.0 Å². The lowest BCUT2D eigenvalue weighted by atomic mass is 9.82. The van der Waals surface area contributed by atoms with Crippen molar-refractivity contribution >= 4 is 5.91 Å². The van der Waals surface area contributed by atoms with E-state index in [1.54, 1.807) is 0 Å². The number of aliphatic hydroxyl groups excluding tert-OH is 2. The van der Waals surface area contributed by atoms with Gasteiger partial charge < -0.3 is 21.3 Å². The third kappa shape index (κ3) is 3.44. The van der Waals surface area contributed by atoms with Gasteiger partial charge >= 0.3 is 0 Å². The molecule has 88 valence electrons. The zero-order valence-electron chi connectivity index (χ0n) is 8.91. The van der Waals surface area contributed by atoms with Crippen LogP contribution in [-0.2, 0) is 4.79 Å². The molecule has 0 heterocycles. The topological polar surface area (TPSA) is 95.6 Å². The molecular weight excluding hydrogens is 196 g/mol. The number of nitrogens with one attached hydrogen (secondary N) is 1. The lowest BCUT2D eigenvalue weighted by molar-refractivity contribution is -0.128. The first kappa shape index (κ1) is 12.4. The van der Waals surface area contributed by atoms with E-state index in [1.165, 1.54) is 0 Å². The van der Waals surface area contributed by atoms with Crippen LogP contribution in [-0.4, -0.2) is 40.9 Å². The first-order valence-electron chi connectivity index (χ1n) is 5.44. The minimum absolute atomic E-state index is 0.0638. The Bertz CT molecular complexity index is 215. The molecule has 1 amide bonds. The molecule has 5 nitrogen and oxygen atoms in total. The molecular formula is C10H20N2O3. The molecule has 1 atom stereocenters. The van der Waals surface area contributed by atoms with Gasteiger partial charge in [0.2, 0.25) is 5.91 Å². The Balaban J connectivity index is 2.37. The van der Waals surface area contributed by atoms with E-state index in [9.17, 15) is 4.79 Å². The molecule has 1 unspecified atom stereocenters. The van der Waals surface area contributed by atoms with Gasteiger partial charge in [-0.25, -0.2) is 0 Å². The fourth-order valence-electron chi connectivity index (χ4n) is 1.86. The van der Waals surface area contributed by atoms with Gasteiger partial charge in [0, 0.05) is 6.54 Å². The summed E-state index contributed by atoms with van der Waals surface area (Å²) < 4.78 is 0. The summed E-state index contributed by atoms with van der Waals surface area (Å²) in [6.07, 6.45) is 3.59. The highest BCUT2D eigenvalue weighted by molar-refractivity contribution is 5.86. The van der Waals surface area contributed by atoms with Crippen molar-refractivity contribution in [3.8, 4) is 0 Å². The van der Waals surface area contributed by atoms with Crippen LogP contribution in [0.2, 0.25) is 0 Å². The predicted octanol–water partition coefficient (Wildman–Crippen LogP) is -0.883. The zero-order chi connectivity index (χ0) is 11.3. The molecule has 5 heteroatoms. The van der Waals surface area contributed by atoms with Gasteiger partial charge in [0.15, 0.2) is 0 Å². The lowest BCUT2D eigenvalue weighted by Gasteiger charge is -2.32. The summed E-state index contributed by atoms with van der Waals surface area (Å²) >= 11 is 0. The lowest BCUT2D eigenvalue weighted by Crippen LogP contribution is -2.56. The number of hydrogen-bond acceptors (Lipinski definition) is 4. The van der Waals surface area contributed by atoms with Gasteiger partial charge in [-0.05, 0) is 12.8 Å². The van der Waals surface area contributed by atoms with E-state index >= 15 is 0 Å². The molecule has 0 saturated heterocycles. The summed E-state index contributed by atoms with van der Waals surface area (Å²) in [7, 11) is 0. The summed E-state index contributed by atoms with van der Waals surface area (Å²) in [5.74, 6) is -0.213. The van der Waals surface area contributed by atoms with Crippen molar-refractivity contribution in [3.05, 3.63) is 0 Å². The number of rotatable bonds is 4. The van der Waals surface area contributed by atoms with Crippen LogP contribution >= 0.6 is 0 Å². The van der Waals surface area contributed by atoms with Crippen LogP contribution in [0.5, 0.6) is 0 Å².